The monoisotopic (exact) mass is 974 g/mol. The third-order valence-electron chi connectivity index (χ3n) is 11.7. The Balaban J connectivity index is 4.09. The number of likely N-dealkylation sites (N-methyl/N-ethyl adjacent to an activating group) is 1. The lowest BCUT2D eigenvalue weighted by Gasteiger charge is -2.28. The summed E-state index contributed by atoms with van der Waals surface area (Å²) in [5.74, 6) is -0.842. The van der Waals surface area contributed by atoms with Crippen molar-refractivity contribution in [2.75, 3.05) is 47.5 Å². The maximum Gasteiger partial charge on any atom is 0.306 e. The fourth-order valence-electron chi connectivity index (χ4n) is 7.44. The van der Waals surface area contributed by atoms with E-state index in [0.717, 1.165) is 89.9 Å². The second-order valence-corrected chi connectivity index (χ2v) is 21.0. The van der Waals surface area contributed by atoms with Crippen LogP contribution in [0.5, 0.6) is 0 Å². The third kappa shape index (κ3) is 52.8. The van der Waals surface area contributed by atoms with Gasteiger partial charge in [0, 0.05) is 12.8 Å². The van der Waals surface area contributed by atoms with Crippen molar-refractivity contribution in [2.24, 2.45) is 0 Å². The van der Waals surface area contributed by atoms with Gasteiger partial charge in [-0.2, -0.15) is 0 Å². The Labute approximate surface area is 418 Å². The molecule has 2 atom stereocenters. The van der Waals surface area contributed by atoms with E-state index < -0.39 is 32.5 Å². The molecule has 0 saturated heterocycles. The van der Waals surface area contributed by atoms with Gasteiger partial charge < -0.3 is 27.9 Å². The molecule has 0 heterocycles. The Morgan fingerprint density at radius 3 is 1.26 bits per heavy atom. The van der Waals surface area contributed by atoms with E-state index >= 15 is 0 Å². The van der Waals surface area contributed by atoms with Crippen LogP contribution in [0.4, 0.5) is 0 Å². The summed E-state index contributed by atoms with van der Waals surface area (Å²) in [5, 5.41) is 0. The van der Waals surface area contributed by atoms with Crippen LogP contribution in [0.15, 0.2) is 72.9 Å². The highest BCUT2D eigenvalue weighted by Crippen LogP contribution is 2.38. The maximum atomic E-state index is 12.8. The van der Waals surface area contributed by atoms with E-state index in [0.29, 0.717) is 17.4 Å². The van der Waals surface area contributed by atoms with Crippen LogP contribution < -0.4 is 4.89 Å². The van der Waals surface area contributed by atoms with Crippen molar-refractivity contribution in [2.45, 2.75) is 238 Å². The van der Waals surface area contributed by atoms with E-state index in [1.54, 1.807) is 0 Å². The molecule has 9 nitrogen and oxygen atoms in total. The summed E-state index contributed by atoms with van der Waals surface area (Å²) in [6, 6.07) is 0. The quantitative estimate of drug-likeness (QED) is 0.0195. The topological polar surface area (TPSA) is 111 Å². The number of nitrogens with zero attached hydrogens (tertiary/aromatic N) is 1. The Morgan fingerprint density at radius 2 is 0.838 bits per heavy atom. The van der Waals surface area contributed by atoms with Crippen LogP contribution in [0.3, 0.4) is 0 Å². The zero-order valence-electron chi connectivity index (χ0n) is 44.5. The Morgan fingerprint density at radius 1 is 0.471 bits per heavy atom. The van der Waals surface area contributed by atoms with Crippen LogP contribution in [0.1, 0.15) is 232 Å². The molecule has 394 valence electrons. The summed E-state index contributed by atoms with van der Waals surface area (Å²) in [5.41, 5.74) is 0. The Hall–Kier alpha value is -2.55. The van der Waals surface area contributed by atoms with E-state index in [4.69, 9.17) is 18.5 Å². The van der Waals surface area contributed by atoms with Gasteiger partial charge in [-0.05, 0) is 83.5 Å². The van der Waals surface area contributed by atoms with Gasteiger partial charge in [-0.25, -0.2) is 0 Å². The van der Waals surface area contributed by atoms with Gasteiger partial charge in [-0.15, -0.1) is 0 Å². The molecule has 0 spiro atoms. The largest absolute Gasteiger partial charge is 0.756 e. The van der Waals surface area contributed by atoms with Crippen LogP contribution >= 0.6 is 7.82 Å². The molecule has 0 amide bonds. The molecule has 0 radical (unpaired) electrons. The highest BCUT2D eigenvalue weighted by molar-refractivity contribution is 7.45. The van der Waals surface area contributed by atoms with Crippen molar-refractivity contribution < 1.29 is 42.1 Å². The van der Waals surface area contributed by atoms with Gasteiger partial charge in [-0.3, -0.25) is 14.2 Å². The van der Waals surface area contributed by atoms with Gasteiger partial charge in [0.25, 0.3) is 7.82 Å². The average Bonchev–Trinajstić information content (AvgIpc) is 3.30. The molecule has 0 aliphatic heterocycles. The SMILES string of the molecule is CC/C=C\C/C=C\C/C=C\C/C=C\C/C=C\CCCCCCCCCCCCCCCCCC(=O)OC(COC(=O)CCCCCCC/C=C\CCCCCC)COP(=O)([O-])OCC[N+](C)(C)C. The van der Waals surface area contributed by atoms with E-state index in [1.807, 2.05) is 21.1 Å². The van der Waals surface area contributed by atoms with Crippen LogP contribution in [-0.2, 0) is 32.7 Å². The van der Waals surface area contributed by atoms with E-state index in [1.165, 1.54) is 109 Å². The molecule has 0 saturated carbocycles. The minimum absolute atomic E-state index is 0.0335. The van der Waals surface area contributed by atoms with Gasteiger partial charge in [0.05, 0.1) is 27.7 Å². The van der Waals surface area contributed by atoms with E-state index in [-0.39, 0.29) is 26.1 Å². The predicted molar refractivity (Wildman–Crippen MR) is 286 cm³/mol. The van der Waals surface area contributed by atoms with Crippen LogP contribution in [0.2, 0.25) is 0 Å². The zero-order chi connectivity index (χ0) is 49.9. The molecular weight excluding hydrogens is 870 g/mol. The number of quaternary nitrogens is 1. The molecule has 2 unspecified atom stereocenters. The third-order valence-corrected chi connectivity index (χ3v) is 12.7. The number of hydrogen-bond acceptors (Lipinski definition) is 8. The van der Waals surface area contributed by atoms with Gasteiger partial charge in [0.2, 0.25) is 0 Å². The second kappa shape index (κ2) is 49.4. The summed E-state index contributed by atoms with van der Waals surface area (Å²) in [6.45, 7) is 4.10. The molecule has 0 fully saturated rings. The molecular formula is C58H104NO8P. The Kier molecular flexibility index (Phi) is 47.6. The number of carbonyl (C=O) groups is 2. The lowest BCUT2D eigenvalue weighted by Crippen LogP contribution is -2.37. The summed E-state index contributed by atoms with van der Waals surface area (Å²) < 4.78 is 34.1. The summed E-state index contributed by atoms with van der Waals surface area (Å²) in [4.78, 5) is 37.7. The number of esters is 2. The first kappa shape index (κ1) is 65.5. The van der Waals surface area contributed by atoms with Gasteiger partial charge in [0.1, 0.15) is 19.8 Å². The molecule has 0 bridgehead atoms. The minimum atomic E-state index is -4.63. The first-order chi connectivity index (χ1) is 33.0. The van der Waals surface area contributed by atoms with Gasteiger partial charge in [0.15, 0.2) is 6.10 Å². The van der Waals surface area contributed by atoms with Crippen molar-refractivity contribution in [3.05, 3.63) is 72.9 Å². The fourth-order valence-corrected chi connectivity index (χ4v) is 8.17. The number of ether oxygens (including phenoxy) is 2. The van der Waals surface area contributed by atoms with E-state index in [2.05, 4.69) is 86.8 Å². The summed E-state index contributed by atoms with van der Waals surface area (Å²) in [6.07, 6.45) is 63.8. The number of allylic oxidation sites excluding steroid dienone is 12. The molecule has 0 N–H and O–H groups in total. The smallest absolute Gasteiger partial charge is 0.306 e. The van der Waals surface area contributed by atoms with Gasteiger partial charge in [-0.1, -0.05) is 209 Å². The van der Waals surface area contributed by atoms with Crippen molar-refractivity contribution in [1.82, 2.24) is 0 Å². The first-order valence-corrected chi connectivity index (χ1v) is 29.1. The molecule has 0 aliphatic rings. The Bertz CT molecular complexity index is 1380. The van der Waals surface area contributed by atoms with Crippen molar-refractivity contribution in [1.29, 1.82) is 0 Å². The molecule has 0 aromatic carbocycles. The fraction of sp³-hybridized carbons (Fsp3) is 0.759. The number of hydrogen-bond donors (Lipinski definition) is 0. The average molecular weight is 974 g/mol. The minimum Gasteiger partial charge on any atom is -0.756 e. The van der Waals surface area contributed by atoms with Crippen molar-refractivity contribution in [3.8, 4) is 0 Å². The lowest BCUT2D eigenvalue weighted by molar-refractivity contribution is -0.870. The van der Waals surface area contributed by atoms with Crippen LogP contribution in [0.25, 0.3) is 0 Å². The normalized spacial score (nSPS) is 13.9. The number of phosphoric ester groups is 1. The molecule has 68 heavy (non-hydrogen) atoms. The molecule has 0 aromatic rings. The standard InChI is InChI=1S/C58H104NO8P/c1-6-8-10-12-14-16-18-20-21-22-23-24-25-26-27-28-29-30-31-32-33-34-35-36-37-39-41-43-45-47-49-51-58(61)67-56(55-66-68(62,63)65-53-52-59(3,4)5)54-64-57(60)50-48-46-44-42-40-38-19-17-15-13-11-9-7-2/h8,10,14,16-17,19-21,23-24,26-27,56H,6-7,9,11-13,15,18,22,25,28-55H2,1-5H3/b10-8-,16-14-,19-17-,21-20-,24-23-,27-26-. The zero-order valence-corrected chi connectivity index (χ0v) is 45.4. The molecule has 0 rings (SSSR count). The summed E-state index contributed by atoms with van der Waals surface area (Å²) in [7, 11) is 1.16. The maximum absolute atomic E-state index is 12.8. The number of unbranched alkanes of at least 4 members (excludes halogenated alkanes) is 24. The number of phosphoric acid groups is 1. The van der Waals surface area contributed by atoms with Gasteiger partial charge >= 0.3 is 11.9 Å². The highest BCUT2D eigenvalue weighted by Gasteiger charge is 2.21. The molecule has 0 aromatic heterocycles. The second-order valence-electron chi connectivity index (χ2n) is 19.6. The van der Waals surface area contributed by atoms with Crippen LogP contribution in [0, 0.1) is 0 Å². The number of carbonyl (C=O) groups excluding carboxylic acids is 2. The van der Waals surface area contributed by atoms with E-state index in [9.17, 15) is 19.0 Å². The summed E-state index contributed by atoms with van der Waals surface area (Å²) >= 11 is 0. The molecule has 10 heteroatoms. The van der Waals surface area contributed by atoms with Crippen molar-refractivity contribution >= 4 is 19.8 Å². The first-order valence-electron chi connectivity index (χ1n) is 27.6. The van der Waals surface area contributed by atoms with Crippen LogP contribution in [-0.4, -0.2) is 70.0 Å². The predicted octanol–water partition coefficient (Wildman–Crippen LogP) is 16.3. The van der Waals surface area contributed by atoms with Crippen molar-refractivity contribution in [3.63, 3.8) is 0 Å². The highest BCUT2D eigenvalue weighted by atomic mass is 31.2. The molecule has 0 aliphatic carbocycles. The number of rotatable bonds is 50. The lowest BCUT2D eigenvalue weighted by atomic mass is 10.0.